The van der Waals surface area contributed by atoms with E-state index in [1.807, 2.05) is 6.92 Å². The Morgan fingerprint density at radius 3 is 2.47 bits per heavy atom. The molecule has 1 aliphatic heterocycles. The van der Waals surface area contributed by atoms with Crippen LogP contribution in [-0.2, 0) is 10.0 Å². The quantitative estimate of drug-likeness (QED) is 0.701. The topological polar surface area (TPSA) is 122 Å². The van der Waals surface area contributed by atoms with Gasteiger partial charge in [-0.2, -0.15) is 4.98 Å². The Kier molecular flexibility index (Phi) is 5.92. The van der Waals surface area contributed by atoms with Crippen molar-refractivity contribution in [2.24, 2.45) is 0 Å². The van der Waals surface area contributed by atoms with Gasteiger partial charge < -0.3 is 10.6 Å². The zero-order valence-corrected chi connectivity index (χ0v) is 18.3. The molecule has 164 valence electrons. The number of aromatic nitrogens is 4. The average Bonchev–Trinajstić information content (AvgIpc) is 3.23. The number of hydrogen-bond acceptors (Lipinski definition) is 8. The molecule has 0 bridgehead atoms. The Hall–Kier alpha value is -2.27. The van der Waals surface area contributed by atoms with Crippen LogP contribution in [0.3, 0.4) is 0 Å². The van der Waals surface area contributed by atoms with Gasteiger partial charge in [-0.05, 0) is 32.6 Å². The second kappa shape index (κ2) is 8.46. The van der Waals surface area contributed by atoms with E-state index < -0.39 is 10.0 Å². The molecule has 10 nitrogen and oxygen atoms in total. The van der Waals surface area contributed by atoms with Crippen molar-refractivity contribution in [3.63, 3.8) is 0 Å². The summed E-state index contributed by atoms with van der Waals surface area (Å²) in [5.74, 6) is 0.791. The minimum Gasteiger partial charge on any atom is -0.366 e. The fourth-order valence-corrected chi connectivity index (χ4v) is 5.24. The molecule has 0 aromatic carbocycles. The van der Waals surface area contributed by atoms with Crippen LogP contribution in [0.5, 0.6) is 0 Å². The Morgan fingerprint density at radius 1 is 1.13 bits per heavy atom. The normalized spacial score (nSPS) is 19.4. The molecule has 30 heavy (non-hydrogen) atoms. The van der Waals surface area contributed by atoms with E-state index in [2.05, 4.69) is 25.6 Å². The highest BCUT2D eigenvalue weighted by Crippen LogP contribution is 2.30. The lowest BCUT2D eigenvalue weighted by Gasteiger charge is -2.30. The van der Waals surface area contributed by atoms with Crippen molar-refractivity contribution in [2.45, 2.75) is 57.5 Å². The van der Waals surface area contributed by atoms with E-state index in [9.17, 15) is 13.2 Å². The summed E-state index contributed by atoms with van der Waals surface area (Å²) < 4.78 is 26.7. The van der Waals surface area contributed by atoms with Gasteiger partial charge in [0.2, 0.25) is 16.0 Å². The van der Waals surface area contributed by atoms with E-state index in [4.69, 9.17) is 0 Å². The molecule has 0 radical (unpaired) electrons. The summed E-state index contributed by atoms with van der Waals surface area (Å²) in [7, 11) is -3.16. The van der Waals surface area contributed by atoms with Gasteiger partial charge in [-0.15, -0.1) is 0 Å². The zero-order chi connectivity index (χ0) is 21.3. The molecule has 1 aliphatic carbocycles. The van der Waals surface area contributed by atoms with Gasteiger partial charge in [0.15, 0.2) is 11.5 Å². The van der Waals surface area contributed by atoms with E-state index in [0.717, 1.165) is 25.7 Å². The predicted octanol–water partition coefficient (Wildman–Crippen LogP) is 1.57. The molecule has 0 spiro atoms. The number of piperidine rings is 1. The fraction of sp³-hybridized carbons (Fsp3) is 0.684. The first-order valence-electron chi connectivity index (χ1n) is 10.6. The maximum Gasteiger partial charge on any atom is 0.295 e. The van der Waals surface area contributed by atoms with Crippen LogP contribution in [0.25, 0.3) is 11.2 Å². The molecule has 0 unspecified atom stereocenters. The van der Waals surface area contributed by atoms with Gasteiger partial charge in [0.05, 0.1) is 12.5 Å². The van der Waals surface area contributed by atoms with Gasteiger partial charge >= 0.3 is 0 Å². The number of sulfonamides is 1. The number of nitrogens with zero attached hydrogens (tertiary/aromatic N) is 5. The van der Waals surface area contributed by atoms with Crippen molar-refractivity contribution in [3.05, 3.63) is 16.6 Å². The molecule has 0 amide bonds. The van der Waals surface area contributed by atoms with Crippen molar-refractivity contribution < 1.29 is 8.42 Å². The molecule has 3 heterocycles. The summed E-state index contributed by atoms with van der Waals surface area (Å²) in [5, 5.41) is 6.38. The van der Waals surface area contributed by atoms with Crippen molar-refractivity contribution in [3.8, 4) is 0 Å². The second-order valence-corrected chi connectivity index (χ2v) is 10.1. The van der Waals surface area contributed by atoms with Crippen LogP contribution in [0.4, 0.5) is 11.8 Å². The van der Waals surface area contributed by atoms with E-state index in [1.54, 1.807) is 10.8 Å². The Morgan fingerprint density at radius 2 is 1.83 bits per heavy atom. The second-order valence-electron chi connectivity index (χ2n) is 8.09. The van der Waals surface area contributed by atoms with E-state index >= 15 is 0 Å². The molecular weight excluding hydrogens is 406 g/mol. The van der Waals surface area contributed by atoms with Crippen LogP contribution in [0.2, 0.25) is 0 Å². The van der Waals surface area contributed by atoms with E-state index in [1.165, 1.54) is 10.6 Å². The van der Waals surface area contributed by atoms with E-state index in [-0.39, 0.29) is 17.6 Å². The van der Waals surface area contributed by atoms with Crippen LogP contribution >= 0.6 is 0 Å². The predicted molar refractivity (Wildman–Crippen MR) is 116 cm³/mol. The minimum absolute atomic E-state index is 0.0843. The number of hydrogen-bond donors (Lipinski definition) is 2. The van der Waals surface area contributed by atoms with Gasteiger partial charge in [-0.25, -0.2) is 22.7 Å². The monoisotopic (exact) mass is 435 g/mol. The standard InChI is InChI=1S/C19H29N7O3S/c1-3-20-16-18(27)26(14-6-4-5-7-14)17-15(23-16)12-21-19(24-17)22-13-8-10-25(11-9-13)30(2,28)29/h12-14H,3-11H2,1-2H3,(H,20,23)(H,21,22,24). The maximum absolute atomic E-state index is 13.1. The molecule has 1 saturated heterocycles. The third-order valence-electron chi connectivity index (χ3n) is 5.92. The van der Waals surface area contributed by atoms with Crippen LogP contribution in [0.1, 0.15) is 51.5 Å². The number of fused-ring (bicyclic) bond motifs is 1. The lowest BCUT2D eigenvalue weighted by molar-refractivity contribution is 0.331. The average molecular weight is 436 g/mol. The van der Waals surface area contributed by atoms with Gasteiger partial charge in [0, 0.05) is 31.7 Å². The van der Waals surface area contributed by atoms with Crippen molar-refractivity contribution in [1.82, 2.24) is 23.8 Å². The highest BCUT2D eigenvalue weighted by Gasteiger charge is 2.26. The molecule has 0 atom stereocenters. The van der Waals surface area contributed by atoms with Gasteiger partial charge in [0.1, 0.15) is 5.52 Å². The van der Waals surface area contributed by atoms with Crippen LogP contribution in [-0.4, -0.2) is 64.2 Å². The third kappa shape index (κ3) is 4.27. The van der Waals surface area contributed by atoms with Gasteiger partial charge in [-0.1, -0.05) is 12.8 Å². The lowest BCUT2D eigenvalue weighted by atomic mass is 10.1. The summed E-state index contributed by atoms with van der Waals surface area (Å²) in [6.45, 7) is 3.50. The highest BCUT2D eigenvalue weighted by molar-refractivity contribution is 7.88. The maximum atomic E-state index is 13.1. The first-order valence-corrected chi connectivity index (χ1v) is 12.5. The SMILES string of the molecule is CCNc1nc2cnc(NC3CCN(S(C)(=O)=O)CC3)nc2n(C2CCCC2)c1=O. The first kappa shape index (κ1) is 21.0. The molecule has 2 aliphatic rings. The molecule has 2 N–H and O–H groups in total. The summed E-state index contributed by atoms with van der Waals surface area (Å²) in [5.41, 5.74) is 1.01. The molecule has 2 aromatic rings. The van der Waals surface area contributed by atoms with Crippen molar-refractivity contribution in [2.75, 3.05) is 36.5 Å². The van der Waals surface area contributed by atoms with Crippen LogP contribution < -0.4 is 16.2 Å². The molecule has 2 aromatic heterocycles. The molecular formula is C19H29N7O3S. The van der Waals surface area contributed by atoms with Crippen LogP contribution in [0, 0.1) is 0 Å². The zero-order valence-electron chi connectivity index (χ0n) is 17.5. The molecule has 11 heteroatoms. The van der Waals surface area contributed by atoms with Gasteiger partial charge in [-0.3, -0.25) is 9.36 Å². The Balaban J connectivity index is 1.62. The summed E-state index contributed by atoms with van der Waals surface area (Å²) in [6, 6.07) is 0.210. The summed E-state index contributed by atoms with van der Waals surface area (Å²) in [4.78, 5) is 26.6. The fourth-order valence-electron chi connectivity index (χ4n) is 4.37. The third-order valence-corrected chi connectivity index (χ3v) is 7.23. The Bertz CT molecular complexity index is 1070. The summed E-state index contributed by atoms with van der Waals surface area (Å²) >= 11 is 0. The first-order chi connectivity index (χ1) is 14.4. The van der Waals surface area contributed by atoms with E-state index in [0.29, 0.717) is 55.4 Å². The summed E-state index contributed by atoms with van der Waals surface area (Å²) in [6.07, 6.45) is 8.39. The minimum atomic E-state index is -3.16. The number of nitrogens with one attached hydrogen (secondary N) is 2. The molecule has 1 saturated carbocycles. The number of anilines is 2. The lowest BCUT2D eigenvalue weighted by Crippen LogP contribution is -2.42. The van der Waals surface area contributed by atoms with Gasteiger partial charge in [0.25, 0.3) is 5.56 Å². The van der Waals surface area contributed by atoms with Crippen molar-refractivity contribution >= 4 is 33.0 Å². The van der Waals surface area contributed by atoms with Crippen molar-refractivity contribution in [1.29, 1.82) is 0 Å². The molecule has 4 rings (SSSR count). The number of rotatable bonds is 6. The Labute approximate surface area is 176 Å². The van der Waals surface area contributed by atoms with Crippen LogP contribution in [0.15, 0.2) is 11.0 Å². The molecule has 2 fully saturated rings. The largest absolute Gasteiger partial charge is 0.366 e. The smallest absolute Gasteiger partial charge is 0.295 e. The highest BCUT2D eigenvalue weighted by atomic mass is 32.2.